The van der Waals surface area contributed by atoms with Gasteiger partial charge in [0.1, 0.15) is 4.32 Å². The number of carbonyl (C=O) groups excluding carboxylic acids is 1. The van der Waals surface area contributed by atoms with Gasteiger partial charge in [-0.15, -0.1) is 0 Å². The van der Waals surface area contributed by atoms with E-state index in [2.05, 4.69) is 31.2 Å². The molecule has 5 heteroatoms. The molecule has 0 aliphatic carbocycles. The molecule has 1 saturated heterocycles. The van der Waals surface area contributed by atoms with Crippen molar-refractivity contribution in [3.63, 3.8) is 0 Å². The SMILES string of the molecule is Cc1ccc(C[C@@H]2CSC(=S)N2C(=O)CC(C)OCc2ccccc2)cc1. The highest BCUT2D eigenvalue weighted by atomic mass is 32.2. The van der Waals surface area contributed by atoms with Gasteiger partial charge in [0.25, 0.3) is 0 Å². The molecular weight excluding hydrogens is 374 g/mol. The van der Waals surface area contributed by atoms with E-state index in [1.807, 2.05) is 42.2 Å². The number of carbonyl (C=O) groups is 1. The molecule has 0 aromatic heterocycles. The first kappa shape index (κ1) is 20.1. The van der Waals surface area contributed by atoms with Crippen molar-refractivity contribution >= 4 is 34.2 Å². The molecule has 1 unspecified atom stereocenters. The fraction of sp³-hybridized carbons (Fsp3) is 0.364. The van der Waals surface area contributed by atoms with Crippen LogP contribution in [0.2, 0.25) is 0 Å². The lowest BCUT2D eigenvalue weighted by Gasteiger charge is -2.25. The van der Waals surface area contributed by atoms with Crippen molar-refractivity contribution in [1.82, 2.24) is 4.90 Å². The van der Waals surface area contributed by atoms with Gasteiger partial charge in [-0.3, -0.25) is 9.69 Å². The van der Waals surface area contributed by atoms with E-state index < -0.39 is 0 Å². The van der Waals surface area contributed by atoms with Crippen LogP contribution in [0, 0.1) is 6.92 Å². The van der Waals surface area contributed by atoms with Crippen LogP contribution >= 0.6 is 24.0 Å². The van der Waals surface area contributed by atoms with Crippen LogP contribution in [0.1, 0.15) is 30.0 Å². The monoisotopic (exact) mass is 399 g/mol. The highest BCUT2D eigenvalue weighted by Gasteiger charge is 2.34. The summed E-state index contributed by atoms with van der Waals surface area (Å²) in [6.07, 6.45) is 1.03. The summed E-state index contributed by atoms with van der Waals surface area (Å²) in [5.41, 5.74) is 3.59. The predicted molar refractivity (Wildman–Crippen MR) is 116 cm³/mol. The number of hydrogen-bond acceptors (Lipinski definition) is 4. The summed E-state index contributed by atoms with van der Waals surface area (Å²) in [6, 6.07) is 18.6. The lowest BCUT2D eigenvalue weighted by molar-refractivity contribution is -0.131. The molecule has 2 aromatic carbocycles. The summed E-state index contributed by atoms with van der Waals surface area (Å²) >= 11 is 7.05. The molecule has 0 spiro atoms. The van der Waals surface area contributed by atoms with E-state index in [4.69, 9.17) is 17.0 Å². The Kier molecular flexibility index (Phi) is 7.05. The average molecular weight is 400 g/mol. The smallest absolute Gasteiger partial charge is 0.230 e. The molecule has 0 bridgehead atoms. The van der Waals surface area contributed by atoms with Crippen molar-refractivity contribution in [2.75, 3.05) is 5.75 Å². The van der Waals surface area contributed by atoms with E-state index in [-0.39, 0.29) is 18.1 Å². The van der Waals surface area contributed by atoms with E-state index >= 15 is 0 Å². The maximum absolute atomic E-state index is 12.9. The van der Waals surface area contributed by atoms with Crippen molar-refractivity contribution in [2.24, 2.45) is 0 Å². The summed E-state index contributed by atoms with van der Waals surface area (Å²) in [5.74, 6) is 0.917. The summed E-state index contributed by atoms with van der Waals surface area (Å²) in [4.78, 5) is 14.7. The third kappa shape index (κ3) is 5.64. The maximum atomic E-state index is 12.9. The molecule has 1 heterocycles. The first-order valence-electron chi connectivity index (χ1n) is 9.23. The highest BCUT2D eigenvalue weighted by Crippen LogP contribution is 2.28. The van der Waals surface area contributed by atoms with Crippen LogP contribution in [0.3, 0.4) is 0 Å². The molecule has 3 rings (SSSR count). The third-order valence-corrected chi connectivity index (χ3v) is 6.21. The number of thioether (sulfide) groups is 1. The predicted octanol–water partition coefficient (Wildman–Crippen LogP) is 4.76. The topological polar surface area (TPSA) is 29.5 Å². The van der Waals surface area contributed by atoms with E-state index in [1.54, 1.807) is 11.8 Å². The molecule has 0 saturated carbocycles. The first-order chi connectivity index (χ1) is 13.0. The Morgan fingerprint density at radius 2 is 1.89 bits per heavy atom. The van der Waals surface area contributed by atoms with Gasteiger partial charge in [-0.05, 0) is 31.4 Å². The van der Waals surface area contributed by atoms with Gasteiger partial charge < -0.3 is 4.74 Å². The first-order valence-corrected chi connectivity index (χ1v) is 10.6. The summed E-state index contributed by atoms with van der Waals surface area (Å²) in [6.45, 7) is 4.54. The normalized spacial score (nSPS) is 17.9. The summed E-state index contributed by atoms with van der Waals surface area (Å²) < 4.78 is 6.55. The molecule has 0 N–H and O–H groups in total. The highest BCUT2D eigenvalue weighted by molar-refractivity contribution is 8.23. The van der Waals surface area contributed by atoms with Crippen LogP contribution in [-0.2, 0) is 22.6 Å². The van der Waals surface area contributed by atoms with Gasteiger partial charge in [-0.25, -0.2) is 0 Å². The number of hydrogen-bond donors (Lipinski definition) is 0. The number of benzene rings is 2. The Hall–Kier alpha value is -1.69. The Balaban J connectivity index is 1.56. The molecule has 1 aliphatic rings. The van der Waals surface area contributed by atoms with Gasteiger partial charge in [0.2, 0.25) is 5.91 Å². The van der Waals surface area contributed by atoms with Gasteiger partial charge >= 0.3 is 0 Å². The zero-order valence-corrected chi connectivity index (χ0v) is 17.4. The van der Waals surface area contributed by atoms with E-state index in [0.717, 1.165) is 17.7 Å². The number of nitrogens with zero attached hydrogens (tertiary/aromatic N) is 1. The molecule has 2 aromatic rings. The van der Waals surface area contributed by atoms with Crippen LogP contribution in [-0.4, -0.2) is 33.0 Å². The lowest BCUT2D eigenvalue weighted by atomic mass is 10.0. The number of aryl methyl sites for hydroxylation is 1. The van der Waals surface area contributed by atoms with Crippen molar-refractivity contribution in [2.45, 2.75) is 45.4 Å². The molecule has 27 heavy (non-hydrogen) atoms. The second-order valence-corrected chi connectivity index (χ2v) is 8.65. The standard InChI is InChI=1S/C22H25NO2S2/c1-16-8-10-18(11-9-16)13-20-15-27-22(26)23(20)21(24)12-17(2)25-14-19-6-4-3-5-7-19/h3-11,17,20H,12-15H2,1-2H3/t17?,20-/m1/s1. The van der Waals surface area contributed by atoms with Gasteiger partial charge in [0.05, 0.1) is 25.2 Å². The average Bonchev–Trinajstić information content (AvgIpc) is 3.03. The minimum Gasteiger partial charge on any atom is -0.373 e. The summed E-state index contributed by atoms with van der Waals surface area (Å²) in [5, 5.41) is 0. The fourth-order valence-electron chi connectivity index (χ4n) is 3.13. The molecule has 1 amide bonds. The number of thiocarbonyl (C=S) groups is 1. The van der Waals surface area contributed by atoms with Crippen LogP contribution in [0.5, 0.6) is 0 Å². The molecule has 142 valence electrons. The fourth-order valence-corrected chi connectivity index (χ4v) is 4.58. The van der Waals surface area contributed by atoms with Crippen LogP contribution in [0.4, 0.5) is 0 Å². The van der Waals surface area contributed by atoms with Gasteiger partial charge in [0, 0.05) is 5.75 Å². The minimum absolute atomic E-state index is 0.0580. The second kappa shape index (κ2) is 9.49. The van der Waals surface area contributed by atoms with Crippen molar-refractivity contribution in [3.05, 3.63) is 71.3 Å². The molecule has 0 radical (unpaired) electrons. The van der Waals surface area contributed by atoms with Crippen LogP contribution in [0.15, 0.2) is 54.6 Å². The van der Waals surface area contributed by atoms with E-state index in [1.165, 1.54) is 11.1 Å². The third-order valence-electron chi connectivity index (χ3n) is 4.66. The zero-order valence-electron chi connectivity index (χ0n) is 15.8. The Labute approximate surface area is 171 Å². The van der Waals surface area contributed by atoms with E-state index in [9.17, 15) is 4.79 Å². The van der Waals surface area contributed by atoms with Crippen molar-refractivity contribution in [1.29, 1.82) is 0 Å². The quantitative estimate of drug-likeness (QED) is 0.628. The lowest BCUT2D eigenvalue weighted by Crippen LogP contribution is -2.41. The van der Waals surface area contributed by atoms with Gasteiger partial charge in [0.15, 0.2) is 0 Å². The number of amides is 1. The largest absolute Gasteiger partial charge is 0.373 e. The van der Waals surface area contributed by atoms with E-state index in [0.29, 0.717) is 17.3 Å². The molecule has 2 atom stereocenters. The molecular formula is C22H25NO2S2. The molecule has 1 aliphatic heterocycles. The second-order valence-electron chi connectivity index (χ2n) is 7.00. The van der Waals surface area contributed by atoms with Gasteiger partial charge in [-0.1, -0.05) is 84.1 Å². The molecule has 1 fully saturated rings. The van der Waals surface area contributed by atoms with Gasteiger partial charge in [-0.2, -0.15) is 0 Å². The maximum Gasteiger partial charge on any atom is 0.230 e. The van der Waals surface area contributed by atoms with Crippen LogP contribution in [0.25, 0.3) is 0 Å². The van der Waals surface area contributed by atoms with Crippen molar-refractivity contribution < 1.29 is 9.53 Å². The minimum atomic E-state index is -0.147. The zero-order chi connectivity index (χ0) is 19.2. The van der Waals surface area contributed by atoms with Crippen molar-refractivity contribution in [3.8, 4) is 0 Å². The Morgan fingerprint density at radius 3 is 2.59 bits per heavy atom. The van der Waals surface area contributed by atoms with Crippen LogP contribution < -0.4 is 0 Å². The Bertz CT molecular complexity index is 777. The Morgan fingerprint density at radius 1 is 1.19 bits per heavy atom. The number of ether oxygens (including phenoxy) is 1. The number of rotatable bonds is 7. The molecule has 3 nitrogen and oxygen atoms in total. The summed E-state index contributed by atoms with van der Waals surface area (Å²) in [7, 11) is 0.